The average molecular weight is 162 g/mol. The molecule has 0 unspecified atom stereocenters. The topological polar surface area (TPSA) is 0 Å². The van der Waals surface area contributed by atoms with Crippen LogP contribution in [0.5, 0.6) is 0 Å². The molecule has 0 radical (unpaired) electrons. The summed E-state index contributed by atoms with van der Waals surface area (Å²) in [6, 6.07) is 6.66. The van der Waals surface area contributed by atoms with Gasteiger partial charge in [-0.3, -0.25) is 0 Å². The summed E-state index contributed by atoms with van der Waals surface area (Å²) in [6.07, 6.45) is 3.62. The molecule has 0 fully saturated rings. The van der Waals surface area contributed by atoms with Crippen LogP contribution in [0.15, 0.2) is 18.2 Å². The lowest BCUT2D eigenvalue weighted by atomic mass is 9.98. The van der Waals surface area contributed by atoms with Crippen LogP contribution in [0, 0.1) is 6.92 Å². The Morgan fingerprint density at radius 1 is 1.08 bits per heavy atom. The predicted octanol–water partition coefficient (Wildman–Crippen LogP) is 3.51. The highest BCUT2D eigenvalue weighted by Gasteiger charge is 2.00. The first-order chi connectivity index (χ1) is 5.79. The molecule has 1 aromatic carbocycles. The van der Waals surface area contributed by atoms with Crippen LogP contribution in [0.4, 0.5) is 0 Å². The van der Waals surface area contributed by atoms with Crippen LogP contribution in [0.3, 0.4) is 0 Å². The normalized spacial score (nSPS) is 10.2. The number of benzene rings is 1. The molecule has 0 amide bonds. The van der Waals surface area contributed by atoms with Crippen LogP contribution in [-0.4, -0.2) is 0 Å². The molecule has 0 spiro atoms. The number of hydrogen-bond donors (Lipinski definition) is 0. The van der Waals surface area contributed by atoms with Gasteiger partial charge < -0.3 is 0 Å². The van der Waals surface area contributed by atoms with Gasteiger partial charge in [-0.1, -0.05) is 38.5 Å². The van der Waals surface area contributed by atoms with E-state index in [-0.39, 0.29) is 0 Å². The minimum atomic E-state index is 1.16. The van der Waals surface area contributed by atoms with Crippen molar-refractivity contribution in [2.45, 2.75) is 40.0 Å². The van der Waals surface area contributed by atoms with Crippen LogP contribution in [0.1, 0.15) is 37.0 Å². The van der Waals surface area contributed by atoms with E-state index in [0.29, 0.717) is 0 Å². The average Bonchev–Trinajstić information content (AvgIpc) is 2.09. The second-order valence-electron chi connectivity index (χ2n) is 3.30. The molecule has 0 bridgehead atoms. The Kier molecular flexibility index (Phi) is 3.33. The van der Waals surface area contributed by atoms with Crippen LogP contribution in [0.2, 0.25) is 0 Å². The Morgan fingerprint density at radius 3 is 2.33 bits per heavy atom. The van der Waals surface area contributed by atoms with Crippen molar-refractivity contribution >= 4 is 0 Å². The van der Waals surface area contributed by atoms with Gasteiger partial charge in [-0.15, -0.1) is 0 Å². The molecule has 0 aliphatic rings. The van der Waals surface area contributed by atoms with Crippen molar-refractivity contribution in [3.63, 3.8) is 0 Å². The fraction of sp³-hybridized carbons (Fsp3) is 0.500. The predicted molar refractivity (Wildman–Crippen MR) is 54.6 cm³/mol. The molecule has 0 aromatic heterocycles. The van der Waals surface area contributed by atoms with Crippen LogP contribution >= 0.6 is 0 Å². The van der Waals surface area contributed by atoms with Crippen molar-refractivity contribution in [1.29, 1.82) is 0 Å². The van der Waals surface area contributed by atoms with Crippen molar-refractivity contribution < 1.29 is 0 Å². The van der Waals surface area contributed by atoms with E-state index in [2.05, 4.69) is 39.0 Å². The number of aryl methyl sites for hydroxylation is 2. The Hall–Kier alpha value is -0.780. The molecule has 66 valence electrons. The lowest BCUT2D eigenvalue weighted by Gasteiger charge is -2.08. The highest BCUT2D eigenvalue weighted by molar-refractivity contribution is 5.34. The summed E-state index contributed by atoms with van der Waals surface area (Å²) < 4.78 is 0. The third-order valence-corrected chi connectivity index (χ3v) is 2.46. The Bertz CT molecular complexity index is 248. The van der Waals surface area contributed by atoms with E-state index in [1.807, 2.05) is 0 Å². The largest absolute Gasteiger partial charge is 0.0651 e. The molecule has 12 heavy (non-hydrogen) atoms. The maximum atomic E-state index is 2.25. The van der Waals surface area contributed by atoms with Crippen molar-refractivity contribution in [3.8, 4) is 0 Å². The van der Waals surface area contributed by atoms with E-state index in [4.69, 9.17) is 0 Å². The van der Waals surface area contributed by atoms with Crippen LogP contribution in [0.25, 0.3) is 0 Å². The lowest BCUT2D eigenvalue weighted by Crippen LogP contribution is -1.93. The van der Waals surface area contributed by atoms with Crippen LogP contribution < -0.4 is 0 Å². The fourth-order valence-corrected chi connectivity index (χ4v) is 1.66. The summed E-state index contributed by atoms with van der Waals surface area (Å²) in [5.74, 6) is 0. The van der Waals surface area contributed by atoms with Gasteiger partial charge in [-0.2, -0.15) is 0 Å². The summed E-state index contributed by atoms with van der Waals surface area (Å²) in [4.78, 5) is 0. The minimum absolute atomic E-state index is 1.16. The second kappa shape index (κ2) is 4.30. The molecule has 1 rings (SSSR count). The molecule has 1 aromatic rings. The zero-order valence-electron chi connectivity index (χ0n) is 8.35. The van der Waals surface area contributed by atoms with Gasteiger partial charge in [0, 0.05) is 0 Å². The van der Waals surface area contributed by atoms with Crippen molar-refractivity contribution in [3.05, 3.63) is 34.9 Å². The first kappa shape index (κ1) is 9.31. The molecular weight excluding hydrogens is 144 g/mol. The van der Waals surface area contributed by atoms with Gasteiger partial charge in [-0.25, -0.2) is 0 Å². The highest BCUT2D eigenvalue weighted by Crippen LogP contribution is 2.15. The summed E-state index contributed by atoms with van der Waals surface area (Å²) >= 11 is 0. The van der Waals surface area contributed by atoms with Crippen molar-refractivity contribution in [2.24, 2.45) is 0 Å². The maximum Gasteiger partial charge on any atom is -0.0279 e. The molecule has 0 saturated carbocycles. The molecular formula is C12H18. The van der Waals surface area contributed by atoms with E-state index < -0.39 is 0 Å². The first-order valence-corrected chi connectivity index (χ1v) is 4.87. The second-order valence-corrected chi connectivity index (χ2v) is 3.30. The third-order valence-electron chi connectivity index (χ3n) is 2.46. The Labute approximate surface area is 75.6 Å². The third kappa shape index (κ3) is 1.88. The van der Waals surface area contributed by atoms with Crippen molar-refractivity contribution in [2.75, 3.05) is 0 Å². The van der Waals surface area contributed by atoms with Gasteiger partial charge in [0.1, 0.15) is 0 Å². The maximum absolute atomic E-state index is 2.25. The Balaban J connectivity index is 2.97. The molecule has 0 N–H and O–H groups in total. The van der Waals surface area contributed by atoms with Gasteiger partial charge >= 0.3 is 0 Å². The highest BCUT2D eigenvalue weighted by atomic mass is 14.1. The lowest BCUT2D eigenvalue weighted by molar-refractivity contribution is 0.905. The van der Waals surface area contributed by atoms with E-state index >= 15 is 0 Å². The van der Waals surface area contributed by atoms with Crippen LogP contribution in [-0.2, 0) is 12.8 Å². The van der Waals surface area contributed by atoms with Crippen molar-refractivity contribution in [1.82, 2.24) is 0 Å². The van der Waals surface area contributed by atoms with Gasteiger partial charge in [-0.05, 0) is 36.5 Å². The summed E-state index contributed by atoms with van der Waals surface area (Å²) in [5.41, 5.74) is 4.53. The number of hydrogen-bond acceptors (Lipinski definition) is 0. The molecule has 0 heterocycles. The van der Waals surface area contributed by atoms with Gasteiger partial charge in [0.15, 0.2) is 0 Å². The molecule has 0 saturated heterocycles. The van der Waals surface area contributed by atoms with E-state index in [0.717, 1.165) is 6.42 Å². The first-order valence-electron chi connectivity index (χ1n) is 4.87. The van der Waals surface area contributed by atoms with E-state index in [9.17, 15) is 0 Å². The monoisotopic (exact) mass is 162 g/mol. The molecule has 0 nitrogen and oxygen atoms in total. The summed E-state index contributed by atoms with van der Waals surface area (Å²) in [5, 5.41) is 0. The molecule has 0 aliphatic heterocycles. The Morgan fingerprint density at radius 2 is 1.75 bits per heavy atom. The van der Waals surface area contributed by atoms with E-state index in [1.54, 1.807) is 0 Å². The number of rotatable bonds is 3. The van der Waals surface area contributed by atoms with Gasteiger partial charge in [0.05, 0.1) is 0 Å². The SMILES string of the molecule is CCCc1cccc(CC)c1C. The van der Waals surface area contributed by atoms with E-state index in [1.165, 1.54) is 29.5 Å². The summed E-state index contributed by atoms with van der Waals surface area (Å²) in [6.45, 7) is 6.69. The zero-order chi connectivity index (χ0) is 8.97. The molecule has 0 atom stereocenters. The molecule has 0 aliphatic carbocycles. The van der Waals surface area contributed by atoms with Gasteiger partial charge in [0.2, 0.25) is 0 Å². The standard InChI is InChI=1S/C12H18/c1-4-7-12-9-6-8-11(5-2)10(12)3/h6,8-9H,4-5,7H2,1-3H3. The quantitative estimate of drug-likeness (QED) is 0.638. The fourth-order valence-electron chi connectivity index (χ4n) is 1.66. The minimum Gasteiger partial charge on any atom is -0.0651 e. The zero-order valence-corrected chi connectivity index (χ0v) is 8.35. The summed E-state index contributed by atoms with van der Waals surface area (Å²) in [7, 11) is 0. The molecule has 0 heteroatoms. The smallest absolute Gasteiger partial charge is 0.0279 e. The van der Waals surface area contributed by atoms with Gasteiger partial charge in [0.25, 0.3) is 0 Å².